The molecule has 0 atom stereocenters. The summed E-state index contributed by atoms with van der Waals surface area (Å²) in [5.74, 6) is -1.30. The van der Waals surface area contributed by atoms with Crippen LogP contribution in [-0.2, 0) is 22.7 Å². The number of halogens is 2. The van der Waals surface area contributed by atoms with Crippen LogP contribution in [0.15, 0.2) is 66.9 Å². The van der Waals surface area contributed by atoms with E-state index in [1.807, 2.05) is 35.0 Å². The number of rotatable bonds is 8. The van der Waals surface area contributed by atoms with Crippen LogP contribution in [0.1, 0.15) is 12.5 Å². The van der Waals surface area contributed by atoms with Gasteiger partial charge in [-0.2, -0.15) is 0 Å². The number of hydrogen-bond acceptors (Lipinski definition) is 4. The number of fused-ring (bicyclic) bond motifs is 1. The predicted molar refractivity (Wildman–Crippen MR) is 121 cm³/mol. The van der Waals surface area contributed by atoms with Crippen molar-refractivity contribution in [2.24, 2.45) is 0 Å². The second-order valence-electron chi connectivity index (χ2n) is 7.38. The first-order valence-corrected chi connectivity index (χ1v) is 10.5. The van der Waals surface area contributed by atoms with Gasteiger partial charge in [-0.25, -0.2) is 8.78 Å². The summed E-state index contributed by atoms with van der Waals surface area (Å²) in [5, 5.41) is 0.991. The first-order valence-electron chi connectivity index (χ1n) is 10.5. The monoisotopic (exact) mass is 451 g/mol. The number of nitrogens with zero attached hydrogens (tertiary/aromatic N) is 1. The van der Waals surface area contributed by atoms with Gasteiger partial charge in [-0.15, -0.1) is 0 Å². The summed E-state index contributed by atoms with van der Waals surface area (Å²) in [4.78, 5) is 11.8. The maximum Gasteiger partial charge on any atom is 0.325 e. The molecule has 5 nitrogen and oxygen atoms in total. The van der Waals surface area contributed by atoms with Crippen LogP contribution in [0.5, 0.6) is 11.5 Å². The van der Waals surface area contributed by atoms with Crippen molar-refractivity contribution < 1.29 is 27.8 Å². The van der Waals surface area contributed by atoms with E-state index >= 15 is 0 Å². The molecule has 7 heteroatoms. The fourth-order valence-electron chi connectivity index (χ4n) is 3.71. The first-order chi connectivity index (χ1) is 16.0. The van der Waals surface area contributed by atoms with E-state index in [0.29, 0.717) is 30.1 Å². The highest BCUT2D eigenvalue weighted by Crippen LogP contribution is 2.33. The van der Waals surface area contributed by atoms with Crippen LogP contribution in [0.3, 0.4) is 0 Å². The molecule has 0 fully saturated rings. The maximum absolute atomic E-state index is 13.7. The Morgan fingerprint density at radius 1 is 1.00 bits per heavy atom. The van der Waals surface area contributed by atoms with E-state index in [1.165, 1.54) is 7.11 Å². The van der Waals surface area contributed by atoms with Crippen molar-refractivity contribution >= 4 is 16.9 Å². The van der Waals surface area contributed by atoms with E-state index in [1.54, 1.807) is 31.2 Å². The summed E-state index contributed by atoms with van der Waals surface area (Å²) in [7, 11) is 1.41. The van der Waals surface area contributed by atoms with Crippen LogP contribution >= 0.6 is 0 Å². The Balaban J connectivity index is 1.50. The van der Waals surface area contributed by atoms with Gasteiger partial charge in [0.05, 0.1) is 13.7 Å². The van der Waals surface area contributed by atoms with Crippen molar-refractivity contribution in [2.45, 2.75) is 20.1 Å². The van der Waals surface area contributed by atoms with E-state index in [9.17, 15) is 13.6 Å². The number of carbonyl (C=O) groups is 1. The van der Waals surface area contributed by atoms with E-state index < -0.39 is 11.6 Å². The lowest BCUT2D eigenvalue weighted by Gasteiger charge is -2.11. The lowest BCUT2D eigenvalue weighted by atomic mass is 10.0. The fraction of sp³-hybridized carbons (Fsp3) is 0.192. The molecule has 0 saturated carbocycles. The average molecular weight is 451 g/mol. The van der Waals surface area contributed by atoms with Crippen LogP contribution in [0.4, 0.5) is 8.78 Å². The molecule has 0 bridgehead atoms. The topological polar surface area (TPSA) is 49.7 Å². The zero-order valence-electron chi connectivity index (χ0n) is 18.3. The minimum absolute atomic E-state index is 0.149. The quantitative estimate of drug-likeness (QED) is 0.321. The van der Waals surface area contributed by atoms with Crippen LogP contribution in [-0.4, -0.2) is 24.3 Å². The third kappa shape index (κ3) is 4.82. The van der Waals surface area contributed by atoms with Crippen molar-refractivity contribution in [2.75, 3.05) is 13.7 Å². The van der Waals surface area contributed by atoms with E-state index in [4.69, 9.17) is 14.2 Å². The van der Waals surface area contributed by atoms with Crippen molar-refractivity contribution in [1.29, 1.82) is 0 Å². The largest absolute Gasteiger partial charge is 0.496 e. The Bertz CT molecular complexity index is 1280. The molecule has 1 heterocycles. The van der Waals surface area contributed by atoms with Gasteiger partial charge in [0.2, 0.25) is 0 Å². The zero-order chi connectivity index (χ0) is 23.4. The van der Waals surface area contributed by atoms with Crippen LogP contribution in [0.25, 0.3) is 22.0 Å². The number of ether oxygens (including phenoxy) is 3. The van der Waals surface area contributed by atoms with E-state index in [0.717, 1.165) is 28.6 Å². The molecule has 170 valence electrons. The zero-order valence-corrected chi connectivity index (χ0v) is 18.3. The number of methoxy groups -OCH3 is 1. The predicted octanol–water partition coefficient (Wildman–Crippen LogP) is 5.74. The molecule has 0 amide bonds. The van der Waals surface area contributed by atoms with Crippen molar-refractivity contribution in [1.82, 2.24) is 4.57 Å². The Kier molecular flexibility index (Phi) is 6.58. The Hall–Kier alpha value is -3.87. The van der Waals surface area contributed by atoms with Crippen molar-refractivity contribution in [3.8, 4) is 22.6 Å². The van der Waals surface area contributed by atoms with Crippen LogP contribution in [0, 0.1) is 11.6 Å². The number of aromatic nitrogens is 1. The van der Waals surface area contributed by atoms with Gasteiger partial charge < -0.3 is 18.8 Å². The van der Waals surface area contributed by atoms with Gasteiger partial charge >= 0.3 is 5.97 Å². The number of hydrogen-bond donors (Lipinski definition) is 0. The first kappa shape index (κ1) is 22.3. The van der Waals surface area contributed by atoms with Gasteiger partial charge in [0.1, 0.15) is 24.7 Å². The lowest BCUT2D eigenvalue weighted by Crippen LogP contribution is -2.12. The van der Waals surface area contributed by atoms with Gasteiger partial charge in [-0.05, 0) is 48.4 Å². The SMILES string of the molecule is CCOC(=O)Cn1ccc2c(COc3ccc(-c4cc(F)c(F)cc4OC)cc3)cccc21. The molecular formula is C26H23F2NO4. The Labute approximate surface area is 190 Å². The van der Waals surface area contributed by atoms with Gasteiger partial charge in [0, 0.05) is 28.7 Å². The summed E-state index contributed by atoms with van der Waals surface area (Å²) in [5.41, 5.74) is 3.03. The average Bonchev–Trinajstić information content (AvgIpc) is 3.23. The maximum atomic E-state index is 13.7. The normalized spacial score (nSPS) is 10.9. The second-order valence-corrected chi connectivity index (χ2v) is 7.38. The molecule has 1 aromatic heterocycles. The van der Waals surface area contributed by atoms with Gasteiger partial charge in [-0.3, -0.25) is 4.79 Å². The Morgan fingerprint density at radius 3 is 2.48 bits per heavy atom. The fourth-order valence-corrected chi connectivity index (χ4v) is 3.71. The van der Waals surface area contributed by atoms with E-state index in [2.05, 4.69) is 0 Å². The summed E-state index contributed by atoms with van der Waals surface area (Å²) in [6, 6.07) is 17.0. The highest BCUT2D eigenvalue weighted by Gasteiger charge is 2.13. The number of esters is 1. The molecule has 0 spiro atoms. The minimum Gasteiger partial charge on any atom is -0.496 e. The highest BCUT2D eigenvalue weighted by atomic mass is 19.2. The lowest BCUT2D eigenvalue weighted by molar-refractivity contribution is -0.143. The Morgan fingerprint density at radius 2 is 1.76 bits per heavy atom. The summed E-state index contributed by atoms with van der Waals surface area (Å²) in [6.45, 7) is 2.60. The molecule has 0 unspecified atom stereocenters. The van der Waals surface area contributed by atoms with Crippen LogP contribution in [0.2, 0.25) is 0 Å². The number of benzene rings is 3. The molecule has 3 aromatic carbocycles. The molecule has 0 radical (unpaired) electrons. The second kappa shape index (κ2) is 9.73. The molecule has 4 aromatic rings. The van der Waals surface area contributed by atoms with Crippen LogP contribution < -0.4 is 9.47 Å². The number of carbonyl (C=O) groups excluding carboxylic acids is 1. The molecule has 0 aliphatic rings. The van der Waals surface area contributed by atoms with E-state index in [-0.39, 0.29) is 18.3 Å². The minimum atomic E-state index is -0.958. The van der Waals surface area contributed by atoms with Crippen molar-refractivity contribution in [3.63, 3.8) is 0 Å². The molecule has 0 aliphatic heterocycles. The smallest absolute Gasteiger partial charge is 0.325 e. The summed E-state index contributed by atoms with van der Waals surface area (Å²) < 4.78 is 45.2. The highest BCUT2D eigenvalue weighted by molar-refractivity contribution is 5.85. The summed E-state index contributed by atoms with van der Waals surface area (Å²) >= 11 is 0. The molecule has 0 aliphatic carbocycles. The molecule has 0 saturated heterocycles. The third-order valence-corrected chi connectivity index (χ3v) is 5.31. The van der Waals surface area contributed by atoms with Gasteiger partial charge in [0.15, 0.2) is 11.6 Å². The van der Waals surface area contributed by atoms with Gasteiger partial charge in [0.25, 0.3) is 0 Å². The van der Waals surface area contributed by atoms with Gasteiger partial charge in [-0.1, -0.05) is 24.3 Å². The molecule has 4 rings (SSSR count). The summed E-state index contributed by atoms with van der Waals surface area (Å²) in [6.07, 6.45) is 1.86. The molecular weight excluding hydrogens is 428 g/mol. The standard InChI is InChI=1S/C26H23F2NO4/c1-3-32-26(30)15-29-12-11-20-18(5-4-6-24(20)29)16-33-19-9-7-17(8-10-19)21-13-22(27)23(28)14-25(21)31-2/h4-14H,3,15-16H2,1-2H3. The molecule has 33 heavy (non-hydrogen) atoms. The van der Waals surface area contributed by atoms with Crippen molar-refractivity contribution in [3.05, 3.63) is 84.1 Å². The third-order valence-electron chi connectivity index (χ3n) is 5.31. The molecule has 0 N–H and O–H groups in total.